The van der Waals surface area contributed by atoms with Gasteiger partial charge in [-0.25, -0.2) is 14.4 Å². The highest BCUT2D eigenvalue weighted by Gasteiger charge is 2.65. The monoisotopic (exact) mass is 1530 g/mol. The second-order valence-corrected chi connectivity index (χ2v) is 25.4. The van der Waals surface area contributed by atoms with E-state index >= 15 is 0 Å². The van der Waals surface area contributed by atoms with Gasteiger partial charge in [-0.15, -0.1) is 0 Å². The molecule has 39 heteroatoms. The molecule has 0 amide bonds. The minimum atomic E-state index is -3.08. The maximum Gasteiger partial charge on any atom is 0.338 e. The number of aliphatic hydroxyl groups excluding tert-OH is 14. The summed E-state index contributed by atoms with van der Waals surface area (Å²) in [4.78, 5) is 81.8. The third-order valence-corrected chi connectivity index (χ3v) is 17.8. The van der Waals surface area contributed by atoms with E-state index in [2.05, 4.69) is 0 Å². The molecular formula is C68H86O39. The van der Waals surface area contributed by atoms with Crippen LogP contribution in [0.4, 0.5) is 0 Å². The van der Waals surface area contributed by atoms with Gasteiger partial charge in [0, 0.05) is 32.9 Å². The first kappa shape index (κ1) is 83.4. The number of rotatable bonds is 28. The average molecular weight is 1530 g/mol. The summed E-state index contributed by atoms with van der Waals surface area (Å²) in [6.45, 7) is -2.52. The Kier molecular flexibility index (Phi) is 29.0. The number of hydrogen-bond acceptors (Lipinski definition) is 39. The number of hydrogen-bond donors (Lipinski definition) is 15. The maximum atomic E-state index is 14.9. The fraction of sp³-hybridized carbons (Fsp3) is 0.588. The van der Waals surface area contributed by atoms with Crippen molar-refractivity contribution in [1.29, 1.82) is 0 Å². The van der Waals surface area contributed by atoms with E-state index in [1.807, 2.05) is 0 Å². The van der Waals surface area contributed by atoms with Gasteiger partial charge in [0.2, 0.25) is 12.1 Å². The lowest BCUT2D eigenvalue weighted by Crippen LogP contribution is -2.70. The number of phenolic OH excluding ortho intramolecular Hbond substituents is 1. The lowest BCUT2D eigenvalue weighted by molar-refractivity contribution is -0.423. The van der Waals surface area contributed by atoms with Crippen molar-refractivity contribution in [3.63, 3.8) is 0 Å². The van der Waals surface area contributed by atoms with Crippen molar-refractivity contribution in [3.8, 4) is 17.2 Å². The maximum absolute atomic E-state index is 14.9. The van der Waals surface area contributed by atoms with E-state index < -0.39 is 253 Å². The number of esters is 6. The van der Waals surface area contributed by atoms with Crippen LogP contribution in [0.5, 0.6) is 17.2 Å². The number of phenols is 1. The summed E-state index contributed by atoms with van der Waals surface area (Å²) >= 11 is 0. The third kappa shape index (κ3) is 20.1. The van der Waals surface area contributed by atoms with E-state index in [1.54, 1.807) is 0 Å². The van der Waals surface area contributed by atoms with Gasteiger partial charge in [0.1, 0.15) is 142 Å². The zero-order valence-electron chi connectivity index (χ0n) is 57.7. The van der Waals surface area contributed by atoms with Gasteiger partial charge in [-0.05, 0) is 66.6 Å². The Hall–Kier alpha value is -7.60. The molecule has 592 valence electrons. The van der Waals surface area contributed by atoms with Gasteiger partial charge < -0.3 is 162 Å². The molecule has 0 unspecified atom stereocenters. The minimum absolute atomic E-state index is 0.0681. The highest BCUT2D eigenvalue weighted by atomic mass is 16.8. The molecule has 0 bridgehead atoms. The van der Waals surface area contributed by atoms with Crippen LogP contribution in [0.15, 0.2) is 84.9 Å². The van der Waals surface area contributed by atoms with Crippen LogP contribution < -0.4 is 9.47 Å². The van der Waals surface area contributed by atoms with Gasteiger partial charge in [0.15, 0.2) is 55.0 Å². The molecule has 39 nitrogen and oxygen atoms in total. The number of carbonyl (C=O) groups excluding carboxylic acids is 6. The number of ether oxygens (including phenoxy) is 18. The zero-order chi connectivity index (χ0) is 77.9. The number of aromatic hydroxyl groups is 1. The second kappa shape index (κ2) is 37.2. The summed E-state index contributed by atoms with van der Waals surface area (Å²) in [6.07, 6.45) is -54.6. The van der Waals surface area contributed by atoms with Crippen LogP contribution in [0.1, 0.15) is 49.2 Å². The molecule has 3 aromatic carbocycles. The summed E-state index contributed by atoms with van der Waals surface area (Å²) in [7, 11) is 1.22. The van der Waals surface area contributed by atoms with E-state index in [1.165, 1.54) is 92.9 Å². The Bertz CT molecular complexity index is 3510. The summed E-state index contributed by atoms with van der Waals surface area (Å²) < 4.78 is 108. The lowest BCUT2D eigenvalue weighted by Gasteiger charge is -2.51. The Balaban J connectivity index is 1.21. The van der Waals surface area contributed by atoms with Crippen LogP contribution in [0.25, 0.3) is 12.2 Å². The standard InChI is InChI=1S/C68H86O39/c1-28-45(78)49(82)52(85)63(94-28)96-36-18-13-33(21-37(36)90-5)15-20-44(77)101-57-42(26-92-30(3)73)100-67(107-68(27-93-43(76)19-14-32-11-16-35(75)17-12-32)61(48(81)40(24-71)106-68)105-62(89)34-9-7-6-8-10-34)60(104-65-54(87)51(84)47(80)39(23-70)98-65)59(57)103-66-55(88)58(56(95-31(4)74)41(99-66)25-91-29(2)72)102-64-53(86)50(83)46(79)38(22-69)97-64/h6-21,28,38-42,45-61,63-67,69-71,75,78-88H,22-27H2,1-5H3/t28-,38+,39+,40+,41+,42+,45-,46+,47+,48+,49+,50-,51-,52+,53+,54+,55+,56+,57+,58+,59-,60+,61-,63-,64-,65-,66-,67+,68-/m0/s1. The molecule has 107 heavy (non-hydrogen) atoms. The largest absolute Gasteiger partial charge is 0.508 e. The van der Waals surface area contributed by atoms with Gasteiger partial charge >= 0.3 is 35.8 Å². The van der Waals surface area contributed by atoms with Crippen LogP contribution in [0.3, 0.4) is 0 Å². The Labute approximate surface area is 607 Å². The molecule has 6 saturated heterocycles. The quantitative estimate of drug-likeness (QED) is 0.0183. The van der Waals surface area contributed by atoms with Gasteiger partial charge in [-0.2, -0.15) is 0 Å². The fourth-order valence-corrected chi connectivity index (χ4v) is 12.2. The van der Waals surface area contributed by atoms with Crippen molar-refractivity contribution in [1.82, 2.24) is 0 Å². The molecule has 0 radical (unpaired) electrons. The molecule has 6 aliphatic rings. The summed E-state index contributed by atoms with van der Waals surface area (Å²) in [5, 5.41) is 165. The number of carbonyl (C=O) groups is 6. The van der Waals surface area contributed by atoms with E-state index in [9.17, 15) is 105 Å². The molecule has 6 aliphatic heterocycles. The van der Waals surface area contributed by atoms with Crippen molar-refractivity contribution in [3.05, 3.63) is 102 Å². The second-order valence-electron chi connectivity index (χ2n) is 25.4. The third-order valence-electron chi connectivity index (χ3n) is 17.8. The first-order valence-corrected chi connectivity index (χ1v) is 33.4. The number of benzene rings is 3. The highest BCUT2D eigenvalue weighted by Crippen LogP contribution is 2.44. The number of aliphatic hydroxyl groups is 14. The highest BCUT2D eigenvalue weighted by molar-refractivity contribution is 5.90. The first-order chi connectivity index (χ1) is 50.9. The van der Waals surface area contributed by atoms with Crippen LogP contribution >= 0.6 is 0 Å². The average Bonchev–Trinajstić information content (AvgIpc) is 1.43. The predicted octanol–water partition coefficient (Wildman–Crippen LogP) is -5.90. The molecule has 0 aromatic heterocycles. The SMILES string of the molecule is COc1cc(C=CC(=O)O[C@H]2[C@H](O[C@@H]3O[C@H](COC(C)=O)[C@@H](OC(C)=O)[C@H](O[C@@H]4O[C@H](CO)[C@@H](O)[C@H](O)[C@H]4O)[C@H]3O)[C@@H](O[C@@H]3O[C@H](CO)[C@@H](O)[C@H](O)[C@H]3O)[C@@H](O[C@]3(COC(=O)C=Cc4ccc(O)cc4)O[C@H](CO)[C@@H](O)[C@@H]3OC(=O)c3ccccc3)O[C@@H]2COC(C)=O)ccc1O[C@@H]1O[C@@H](C)[C@H](O)[C@@H](O)[C@H]1O. The van der Waals surface area contributed by atoms with E-state index in [4.69, 9.17) is 85.3 Å². The molecule has 0 aliphatic carbocycles. The van der Waals surface area contributed by atoms with E-state index in [-0.39, 0.29) is 28.4 Å². The minimum Gasteiger partial charge on any atom is -0.508 e. The van der Waals surface area contributed by atoms with Crippen LogP contribution in [-0.2, 0) is 99.8 Å². The van der Waals surface area contributed by atoms with Gasteiger partial charge in [-0.1, -0.05) is 36.4 Å². The van der Waals surface area contributed by atoms with Crippen molar-refractivity contribution in [2.75, 3.05) is 46.8 Å². The fourth-order valence-electron chi connectivity index (χ4n) is 12.2. The molecule has 0 spiro atoms. The molecule has 29 atom stereocenters. The molecule has 3 aromatic rings. The smallest absolute Gasteiger partial charge is 0.338 e. The number of methoxy groups -OCH3 is 1. The summed E-state index contributed by atoms with van der Waals surface area (Å²) in [5.74, 6) is -10.5. The van der Waals surface area contributed by atoms with Crippen molar-refractivity contribution in [2.24, 2.45) is 0 Å². The van der Waals surface area contributed by atoms with Crippen molar-refractivity contribution >= 4 is 48.0 Å². The lowest BCUT2D eigenvalue weighted by atomic mass is 9.95. The zero-order valence-corrected chi connectivity index (χ0v) is 57.7. The normalized spacial score (nSPS) is 37.3. The summed E-state index contributed by atoms with van der Waals surface area (Å²) in [6, 6.07) is 16.3. The molecule has 6 heterocycles. The molecular weight excluding hydrogens is 1440 g/mol. The topological polar surface area (TPSA) is 572 Å². The van der Waals surface area contributed by atoms with Crippen LogP contribution in [-0.4, -0.2) is 337 Å². The predicted molar refractivity (Wildman–Crippen MR) is 345 cm³/mol. The molecule has 0 saturated carbocycles. The van der Waals surface area contributed by atoms with Gasteiger partial charge in [0.05, 0.1) is 38.6 Å². The molecule has 6 fully saturated rings. The van der Waals surface area contributed by atoms with Gasteiger partial charge in [0.25, 0.3) is 0 Å². The van der Waals surface area contributed by atoms with Crippen molar-refractivity contribution < 1.29 is 191 Å². The van der Waals surface area contributed by atoms with Crippen LogP contribution in [0.2, 0.25) is 0 Å². The Morgan fingerprint density at radius 2 is 0.963 bits per heavy atom. The van der Waals surface area contributed by atoms with Crippen molar-refractivity contribution in [2.45, 2.75) is 205 Å². The Morgan fingerprint density at radius 3 is 1.53 bits per heavy atom. The first-order valence-electron chi connectivity index (χ1n) is 33.4. The van der Waals surface area contributed by atoms with E-state index in [0.717, 1.165) is 39.0 Å². The van der Waals surface area contributed by atoms with Gasteiger partial charge in [-0.3, -0.25) is 14.4 Å². The molecule has 15 N–H and O–H groups in total. The Morgan fingerprint density at radius 1 is 0.458 bits per heavy atom. The molecule has 9 rings (SSSR count). The summed E-state index contributed by atoms with van der Waals surface area (Å²) in [5.41, 5.74) is 0.272. The van der Waals surface area contributed by atoms with Crippen LogP contribution in [0, 0.1) is 0 Å². The van der Waals surface area contributed by atoms with E-state index in [0.29, 0.717) is 5.56 Å².